The highest BCUT2D eigenvalue weighted by molar-refractivity contribution is 5.85. The van der Waals surface area contributed by atoms with Crippen LogP contribution in [0.3, 0.4) is 0 Å². The lowest BCUT2D eigenvalue weighted by atomic mass is 9.91. The summed E-state index contributed by atoms with van der Waals surface area (Å²) in [7, 11) is 1.54. The summed E-state index contributed by atoms with van der Waals surface area (Å²) in [4.78, 5) is 11.6. The molecule has 5 nitrogen and oxygen atoms in total. The number of benzene rings is 1. The molecule has 0 aliphatic rings. The summed E-state index contributed by atoms with van der Waals surface area (Å²) >= 11 is 0. The highest BCUT2D eigenvalue weighted by atomic mass is 19.3. The first-order valence-corrected chi connectivity index (χ1v) is 5.99. The van der Waals surface area contributed by atoms with E-state index in [1.54, 1.807) is 14.0 Å². The van der Waals surface area contributed by atoms with Crippen molar-refractivity contribution >= 4 is 5.91 Å². The first-order chi connectivity index (χ1) is 9.40. The van der Waals surface area contributed by atoms with Crippen molar-refractivity contribution in [3.05, 3.63) is 29.8 Å². The fourth-order valence-electron chi connectivity index (χ4n) is 1.70. The maximum Gasteiger partial charge on any atom is 0.387 e. The van der Waals surface area contributed by atoms with Crippen molar-refractivity contribution in [2.24, 2.45) is 5.73 Å². The van der Waals surface area contributed by atoms with Crippen molar-refractivity contribution < 1.29 is 23.0 Å². The molecule has 1 aromatic rings. The Labute approximate surface area is 116 Å². The van der Waals surface area contributed by atoms with Crippen LogP contribution in [0.4, 0.5) is 8.78 Å². The van der Waals surface area contributed by atoms with Gasteiger partial charge in [0.15, 0.2) is 0 Å². The summed E-state index contributed by atoms with van der Waals surface area (Å²) in [5.74, 6) is -0.552. The topological polar surface area (TPSA) is 73.6 Å². The van der Waals surface area contributed by atoms with Crippen molar-refractivity contribution in [1.29, 1.82) is 0 Å². The molecule has 0 aliphatic carbocycles. The standard InChI is InChI=1S/C13H18F2N2O3/c1-13(11(16)18,17-7-8-19-2)9-3-5-10(6-4-9)20-12(14)15/h3-6,12,17H,7-8H2,1-2H3,(H2,16,18). The molecule has 1 rings (SSSR count). The number of hydrogen-bond acceptors (Lipinski definition) is 4. The smallest absolute Gasteiger partial charge is 0.387 e. The van der Waals surface area contributed by atoms with Gasteiger partial charge >= 0.3 is 6.61 Å². The summed E-state index contributed by atoms with van der Waals surface area (Å²) in [6.45, 7) is -0.433. The van der Waals surface area contributed by atoms with Gasteiger partial charge in [0, 0.05) is 13.7 Å². The first kappa shape index (κ1) is 16.3. The van der Waals surface area contributed by atoms with Crippen molar-refractivity contribution in [2.45, 2.75) is 19.1 Å². The molecule has 3 N–H and O–H groups in total. The number of methoxy groups -OCH3 is 1. The van der Waals surface area contributed by atoms with Gasteiger partial charge < -0.3 is 15.2 Å². The molecule has 20 heavy (non-hydrogen) atoms. The third-order valence-electron chi connectivity index (χ3n) is 2.93. The van der Waals surface area contributed by atoms with Crippen molar-refractivity contribution in [1.82, 2.24) is 5.32 Å². The van der Waals surface area contributed by atoms with Crippen LogP contribution in [0, 0.1) is 0 Å². The number of amides is 1. The summed E-state index contributed by atoms with van der Waals surface area (Å²) in [5, 5.41) is 2.98. The summed E-state index contributed by atoms with van der Waals surface area (Å²) in [6, 6.07) is 5.76. The number of nitrogens with one attached hydrogen (secondary N) is 1. The molecule has 0 radical (unpaired) electrons. The Hall–Kier alpha value is -1.73. The van der Waals surface area contributed by atoms with E-state index in [1.807, 2.05) is 0 Å². The maximum absolute atomic E-state index is 12.1. The maximum atomic E-state index is 12.1. The zero-order valence-corrected chi connectivity index (χ0v) is 11.4. The molecule has 1 unspecified atom stereocenters. The van der Waals surface area contributed by atoms with Gasteiger partial charge in [0.1, 0.15) is 11.3 Å². The number of halogens is 2. The second-order valence-electron chi connectivity index (χ2n) is 4.31. The molecule has 1 amide bonds. The minimum Gasteiger partial charge on any atom is -0.435 e. The van der Waals surface area contributed by atoms with Gasteiger partial charge in [-0.05, 0) is 24.6 Å². The number of carbonyl (C=O) groups excluding carboxylic acids is 1. The second-order valence-corrected chi connectivity index (χ2v) is 4.31. The number of rotatable bonds is 8. The van der Waals surface area contributed by atoms with Crippen LogP contribution in [0.1, 0.15) is 12.5 Å². The molecule has 0 aliphatic heterocycles. The van der Waals surface area contributed by atoms with Crippen LogP contribution in [0.15, 0.2) is 24.3 Å². The minimum atomic E-state index is -2.89. The molecular formula is C13H18F2N2O3. The first-order valence-electron chi connectivity index (χ1n) is 5.99. The van der Waals surface area contributed by atoms with E-state index in [0.717, 1.165) is 0 Å². The lowest BCUT2D eigenvalue weighted by molar-refractivity contribution is -0.124. The van der Waals surface area contributed by atoms with Gasteiger partial charge in [0.05, 0.1) is 6.61 Å². The Morgan fingerprint density at radius 2 is 2.00 bits per heavy atom. The van der Waals surface area contributed by atoms with E-state index in [0.29, 0.717) is 18.7 Å². The number of hydrogen-bond donors (Lipinski definition) is 2. The van der Waals surface area contributed by atoms with E-state index in [2.05, 4.69) is 10.1 Å². The predicted octanol–water partition coefficient (Wildman–Crippen LogP) is 1.22. The largest absolute Gasteiger partial charge is 0.435 e. The predicted molar refractivity (Wildman–Crippen MR) is 69.5 cm³/mol. The fraction of sp³-hybridized carbons (Fsp3) is 0.462. The lowest BCUT2D eigenvalue weighted by Crippen LogP contribution is -2.51. The Balaban J connectivity index is 2.88. The van der Waals surface area contributed by atoms with Gasteiger partial charge in [0.2, 0.25) is 5.91 Å². The molecule has 112 valence electrons. The number of carbonyl (C=O) groups is 1. The number of alkyl halides is 2. The van der Waals surface area contributed by atoms with E-state index in [-0.39, 0.29) is 5.75 Å². The molecule has 0 aromatic heterocycles. The van der Waals surface area contributed by atoms with Crippen LogP contribution in [0.2, 0.25) is 0 Å². The van der Waals surface area contributed by atoms with Gasteiger partial charge in [-0.3, -0.25) is 10.1 Å². The minimum absolute atomic E-state index is 0.0208. The van der Waals surface area contributed by atoms with Gasteiger partial charge in [-0.1, -0.05) is 12.1 Å². The van der Waals surface area contributed by atoms with Crippen LogP contribution in [-0.4, -0.2) is 32.8 Å². The molecule has 1 aromatic carbocycles. The van der Waals surface area contributed by atoms with Gasteiger partial charge in [-0.15, -0.1) is 0 Å². The monoisotopic (exact) mass is 288 g/mol. The second kappa shape index (κ2) is 7.16. The van der Waals surface area contributed by atoms with E-state index in [1.165, 1.54) is 24.3 Å². The Morgan fingerprint density at radius 1 is 1.40 bits per heavy atom. The highest BCUT2D eigenvalue weighted by Gasteiger charge is 2.32. The van der Waals surface area contributed by atoms with Crippen LogP contribution < -0.4 is 15.8 Å². The molecule has 0 heterocycles. The van der Waals surface area contributed by atoms with Crippen molar-refractivity contribution in [3.8, 4) is 5.75 Å². The normalized spacial score (nSPS) is 14.1. The molecule has 0 saturated heterocycles. The molecule has 0 spiro atoms. The lowest BCUT2D eigenvalue weighted by Gasteiger charge is -2.28. The average Bonchev–Trinajstić information content (AvgIpc) is 2.38. The number of ether oxygens (including phenoxy) is 2. The number of primary amides is 1. The Kier molecular flexibility index (Phi) is 5.84. The average molecular weight is 288 g/mol. The molecule has 1 atom stereocenters. The molecular weight excluding hydrogens is 270 g/mol. The van der Waals surface area contributed by atoms with Gasteiger partial charge in [0.25, 0.3) is 0 Å². The zero-order chi connectivity index (χ0) is 15.2. The van der Waals surface area contributed by atoms with Gasteiger partial charge in [-0.25, -0.2) is 0 Å². The summed E-state index contributed by atoms with van der Waals surface area (Å²) < 4.78 is 33.3. The fourth-order valence-corrected chi connectivity index (χ4v) is 1.70. The van der Waals surface area contributed by atoms with E-state index in [4.69, 9.17) is 10.5 Å². The van der Waals surface area contributed by atoms with Crippen LogP contribution in [0.5, 0.6) is 5.75 Å². The summed E-state index contributed by atoms with van der Waals surface area (Å²) in [5.41, 5.74) is 4.86. The van der Waals surface area contributed by atoms with Crippen molar-refractivity contribution in [2.75, 3.05) is 20.3 Å². The van der Waals surface area contributed by atoms with Crippen LogP contribution in [0.25, 0.3) is 0 Å². The quantitative estimate of drug-likeness (QED) is 0.706. The molecule has 7 heteroatoms. The molecule has 0 fully saturated rings. The van der Waals surface area contributed by atoms with E-state index >= 15 is 0 Å². The van der Waals surface area contributed by atoms with Crippen LogP contribution >= 0.6 is 0 Å². The van der Waals surface area contributed by atoms with Crippen molar-refractivity contribution in [3.63, 3.8) is 0 Å². The number of nitrogens with two attached hydrogens (primary N) is 1. The van der Waals surface area contributed by atoms with Gasteiger partial charge in [-0.2, -0.15) is 8.78 Å². The zero-order valence-electron chi connectivity index (χ0n) is 11.4. The molecule has 0 saturated carbocycles. The van der Waals surface area contributed by atoms with E-state index in [9.17, 15) is 13.6 Å². The molecule has 0 bridgehead atoms. The third-order valence-corrected chi connectivity index (χ3v) is 2.93. The van der Waals surface area contributed by atoms with E-state index < -0.39 is 18.1 Å². The Bertz CT molecular complexity index is 440. The summed E-state index contributed by atoms with van der Waals surface area (Å²) in [6.07, 6.45) is 0. The van der Waals surface area contributed by atoms with Crippen LogP contribution in [-0.2, 0) is 15.1 Å². The SMILES string of the molecule is COCCNC(C)(C(N)=O)c1ccc(OC(F)F)cc1. The third kappa shape index (κ3) is 4.14. The highest BCUT2D eigenvalue weighted by Crippen LogP contribution is 2.23. The Morgan fingerprint density at radius 3 is 2.45 bits per heavy atom.